The molecule has 0 amide bonds. The van der Waals surface area contributed by atoms with E-state index in [0.29, 0.717) is 5.41 Å². The van der Waals surface area contributed by atoms with Crippen molar-refractivity contribution in [1.82, 2.24) is 0 Å². The highest BCUT2D eigenvalue weighted by molar-refractivity contribution is 7.78. The maximum atomic E-state index is 4.69. The summed E-state index contributed by atoms with van der Waals surface area (Å²) < 4.78 is 0. The second-order valence-electron chi connectivity index (χ2n) is 6.61. The molecule has 0 N–H and O–H groups in total. The predicted octanol–water partition coefficient (Wildman–Crippen LogP) is 4.04. The molecule has 3 fully saturated rings. The van der Waals surface area contributed by atoms with Gasteiger partial charge in [-0.25, -0.2) is 4.99 Å². The van der Waals surface area contributed by atoms with Gasteiger partial charge in [-0.2, -0.15) is 0 Å². The fourth-order valence-electron chi connectivity index (χ4n) is 4.32. The standard InChI is InChI=1S/C14H23NS/c1-9(2)13-10(7-15-8-16)5-11-6-12(13)14(11,3)4/h9-13H,5-7H2,1-4H3. The van der Waals surface area contributed by atoms with Gasteiger partial charge in [-0.15, -0.1) is 0 Å². The average molecular weight is 237 g/mol. The van der Waals surface area contributed by atoms with E-state index in [1.54, 1.807) is 0 Å². The van der Waals surface area contributed by atoms with Gasteiger partial charge in [0, 0.05) is 0 Å². The van der Waals surface area contributed by atoms with Gasteiger partial charge in [0.25, 0.3) is 0 Å². The Hall–Kier alpha value is -0.200. The zero-order chi connectivity index (χ0) is 11.9. The summed E-state index contributed by atoms with van der Waals surface area (Å²) in [6, 6.07) is 0. The van der Waals surface area contributed by atoms with E-state index >= 15 is 0 Å². The highest BCUT2D eigenvalue weighted by Gasteiger charge is 2.57. The summed E-state index contributed by atoms with van der Waals surface area (Å²) in [5.74, 6) is 4.21. The fourth-order valence-corrected chi connectivity index (χ4v) is 4.39. The van der Waals surface area contributed by atoms with Gasteiger partial charge in [-0.1, -0.05) is 27.7 Å². The van der Waals surface area contributed by atoms with Crippen LogP contribution in [0.5, 0.6) is 0 Å². The van der Waals surface area contributed by atoms with Crippen LogP contribution in [0.4, 0.5) is 0 Å². The lowest BCUT2D eigenvalue weighted by molar-refractivity contribution is -0.145. The van der Waals surface area contributed by atoms with Crippen molar-refractivity contribution in [2.75, 3.05) is 6.54 Å². The van der Waals surface area contributed by atoms with Crippen LogP contribution >= 0.6 is 12.2 Å². The molecule has 3 aliphatic carbocycles. The Labute approximate surface area is 105 Å². The van der Waals surface area contributed by atoms with Crippen LogP contribution < -0.4 is 0 Å². The van der Waals surface area contributed by atoms with E-state index in [1.165, 1.54) is 12.8 Å². The number of isothiocyanates is 1. The van der Waals surface area contributed by atoms with Gasteiger partial charge in [0.05, 0.1) is 11.7 Å². The van der Waals surface area contributed by atoms with Gasteiger partial charge in [-0.3, -0.25) is 0 Å². The molecule has 0 aromatic rings. The van der Waals surface area contributed by atoms with Crippen LogP contribution in [-0.2, 0) is 0 Å². The molecule has 2 heteroatoms. The monoisotopic (exact) mass is 237 g/mol. The number of hydrogen-bond acceptors (Lipinski definition) is 2. The van der Waals surface area contributed by atoms with Crippen LogP contribution in [-0.4, -0.2) is 11.7 Å². The van der Waals surface area contributed by atoms with Crippen molar-refractivity contribution in [3.05, 3.63) is 0 Å². The van der Waals surface area contributed by atoms with E-state index in [4.69, 9.17) is 12.2 Å². The van der Waals surface area contributed by atoms with Gasteiger partial charge in [0.15, 0.2) is 0 Å². The van der Waals surface area contributed by atoms with Crippen molar-refractivity contribution >= 4 is 17.4 Å². The summed E-state index contributed by atoms with van der Waals surface area (Å²) in [6.45, 7) is 10.6. The van der Waals surface area contributed by atoms with Crippen LogP contribution in [0.15, 0.2) is 4.99 Å². The van der Waals surface area contributed by atoms with Crippen molar-refractivity contribution in [3.63, 3.8) is 0 Å². The summed E-state index contributed by atoms with van der Waals surface area (Å²) in [4.78, 5) is 4.20. The van der Waals surface area contributed by atoms with E-state index in [9.17, 15) is 0 Å². The molecule has 4 unspecified atom stereocenters. The van der Waals surface area contributed by atoms with Gasteiger partial charge in [-0.05, 0) is 60.1 Å². The van der Waals surface area contributed by atoms with Gasteiger partial charge < -0.3 is 0 Å². The minimum atomic E-state index is 0.576. The minimum absolute atomic E-state index is 0.576. The molecule has 0 aromatic heterocycles. The molecule has 1 nitrogen and oxygen atoms in total. The van der Waals surface area contributed by atoms with Crippen molar-refractivity contribution < 1.29 is 0 Å². The SMILES string of the molecule is CC(C)C1C(CN=C=S)CC2CC1C2(C)C. The molecule has 16 heavy (non-hydrogen) atoms. The Bertz CT molecular complexity index is 315. The summed E-state index contributed by atoms with van der Waals surface area (Å²) >= 11 is 4.69. The molecule has 3 aliphatic rings. The number of aliphatic imine (C=N–C) groups is 1. The number of thiocarbonyl (C=S) groups is 1. The zero-order valence-electron chi connectivity index (χ0n) is 10.9. The van der Waals surface area contributed by atoms with Crippen LogP contribution in [0.2, 0.25) is 0 Å². The molecule has 0 aromatic carbocycles. The first-order valence-electron chi connectivity index (χ1n) is 6.52. The molecular weight excluding hydrogens is 214 g/mol. The number of nitrogens with zero attached hydrogens (tertiary/aromatic N) is 1. The molecule has 0 radical (unpaired) electrons. The van der Waals surface area contributed by atoms with Gasteiger partial charge in [0.2, 0.25) is 0 Å². The van der Waals surface area contributed by atoms with E-state index in [-0.39, 0.29) is 0 Å². The molecule has 2 bridgehead atoms. The van der Waals surface area contributed by atoms with E-state index in [1.807, 2.05) is 0 Å². The lowest BCUT2D eigenvalue weighted by Crippen LogP contribution is -2.57. The van der Waals surface area contributed by atoms with Crippen molar-refractivity contribution in [2.24, 2.45) is 40.0 Å². The lowest BCUT2D eigenvalue weighted by Gasteiger charge is -2.63. The van der Waals surface area contributed by atoms with Crippen molar-refractivity contribution in [1.29, 1.82) is 0 Å². The summed E-state index contributed by atoms with van der Waals surface area (Å²) in [5, 5.41) is 2.53. The summed E-state index contributed by atoms with van der Waals surface area (Å²) in [5.41, 5.74) is 0.576. The largest absolute Gasteiger partial charge is 0.232 e. The van der Waals surface area contributed by atoms with Crippen LogP contribution in [0.25, 0.3) is 0 Å². The predicted molar refractivity (Wildman–Crippen MR) is 71.7 cm³/mol. The molecule has 3 rings (SSSR count). The fraction of sp³-hybridized carbons (Fsp3) is 0.929. The first-order chi connectivity index (χ1) is 7.48. The van der Waals surface area contributed by atoms with E-state index < -0.39 is 0 Å². The lowest BCUT2D eigenvalue weighted by atomic mass is 9.42. The third-order valence-electron chi connectivity index (χ3n) is 5.30. The molecule has 3 saturated carbocycles. The number of fused-ring (bicyclic) bond motifs is 2. The highest BCUT2D eigenvalue weighted by atomic mass is 32.1. The molecule has 0 aliphatic heterocycles. The maximum absolute atomic E-state index is 4.69. The van der Waals surface area contributed by atoms with Gasteiger partial charge >= 0.3 is 0 Å². The Morgan fingerprint density at radius 2 is 2.06 bits per heavy atom. The quantitative estimate of drug-likeness (QED) is 0.533. The number of rotatable bonds is 3. The van der Waals surface area contributed by atoms with Crippen molar-refractivity contribution in [3.8, 4) is 0 Å². The van der Waals surface area contributed by atoms with E-state index in [2.05, 4.69) is 37.8 Å². The smallest absolute Gasteiger partial charge is 0.0585 e. The van der Waals surface area contributed by atoms with Crippen LogP contribution in [0.1, 0.15) is 40.5 Å². The first kappa shape index (κ1) is 12.3. The molecule has 4 atom stereocenters. The molecule has 90 valence electrons. The Kier molecular flexibility index (Phi) is 3.25. The average Bonchev–Trinajstić information content (AvgIpc) is 2.25. The topological polar surface area (TPSA) is 12.4 Å². The Morgan fingerprint density at radius 3 is 2.56 bits per heavy atom. The zero-order valence-corrected chi connectivity index (χ0v) is 11.7. The Balaban J connectivity index is 2.15. The molecular formula is C14H23NS. The van der Waals surface area contributed by atoms with Gasteiger partial charge in [0.1, 0.15) is 0 Å². The van der Waals surface area contributed by atoms with Crippen LogP contribution in [0, 0.1) is 35.0 Å². The first-order valence-corrected chi connectivity index (χ1v) is 6.93. The molecule has 0 saturated heterocycles. The number of hydrogen-bond donors (Lipinski definition) is 0. The van der Waals surface area contributed by atoms with Crippen LogP contribution in [0.3, 0.4) is 0 Å². The second kappa shape index (κ2) is 4.23. The van der Waals surface area contributed by atoms with Crippen molar-refractivity contribution in [2.45, 2.75) is 40.5 Å². The maximum Gasteiger partial charge on any atom is 0.0585 e. The molecule has 0 heterocycles. The third kappa shape index (κ3) is 1.76. The van der Waals surface area contributed by atoms with E-state index in [0.717, 1.165) is 36.1 Å². The Morgan fingerprint density at radius 1 is 1.38 bits per heavy atom. The third-order valence-corrected chi connectivity index (χ3v) is 5.43. The summed E-state index contributed by atoms with van der Waals surface area (Å²) in [7, 11) is 0. The summed E-state index contributed by atoms with van der Waals surface area (Å²) in [6.07, 6.45) is 2.81. The normalized spacial score (nSPS) is 40.1. The second-order valence-corrected chi connectivity index (χ2v) is 6.79. The highest BCUT2D eigenvalue weighted by Crippen LogP contribution is 2.64. The minimum Gasteiger partial charge on any atom is -0.232 e. The molecule has 0 spiro atoms.